The number of nitrogens with one attached hydrogen (secondary N) is 2. The predicted molar refractivity (Wildman–Crippen MR) is 150 cm³/mol. The fourth-order valence-electron chi connectivity index (χ4n) is 6.72. The summed E-state index contributed by atoms with van der Waals surface area (Å²) in [5.74, 6) is -1.53. The van der Waals surface area contributed by atoms with Crippen molar-refractivity contribution in [3.63, 3.8) is 0 Å². The van der Waals surface area contributed by atoms with Crippen LogP contribution in [-0.2, 0) is 10.2 Å². The van der Waals surface area contributed by atoms with E-state index in [1.54, 1.807) is 6.92 Å². The zero-order chi connectivity index (χ0) is 29.0. The van der Waals surface area contributed by atoms with Gasteiger partial charge in [-0.1, -0.05) is 12.1 Å². The zero-order valence-corrected chi connectivity index (χ0v) is 23.4. The van der Waals surface area contributed by atoms with E-state index >= 15 is 0 Å². The van der Waals surface area contributed by atoms with Crippen molar-refractivity contribution in [2.75, 3.05) is 38.1 Å². The lowest BCUT2D eigenvalue weighted by atomic mass is 9.80. The van der Waals surface area contributed by atoms with Crippen molar-refractivity contribution >= 4 is 17.8 Å². The molecule has 3 aliphatic rings. The highest BCUT2D eigenvalue weighted by atomic mass is 19.2. The van der Waals surface area contributed by atoms with Crippen LogP contribution in [0.3, 0.4) is 0 Å². The lowest BCUT2D eigenvalue weighted by Gasteiger charge is -2.37. The summed E-state index contributed by atoms with van der Waals surface area (Å²) in [7, 11) is 0. The number of hydrogen-bond acceptors (Lipinski definition) is 5. The van der Waals surface area contributed by atoms with E-state index in [4.69, 9.17) is 4.74 Å². The Labute approximate surface area is 239 Å². The summed E-state index contributed by atoms with van der Waals surface area (Å²) < 4.78 is 32.3. The van der Waals surface area contributed by atoms with Gasteiger partial charge in [0.1, 0.15) is 0 Å². The molecule has 2 aliphatic carbocycles. The second-order valence-electron chi connectivity index (χ2n) is 11.4. The molecule has 0 radical (unpaired) electrons. The van der Waals surface area contributed by atoms with E-state index in [-0.39, 0.29) is 29.2 Å². The number of ether oxygens (including phenoxy) is 1. The molecule has 10 heteroatoms. The number of anilines is 1. The first kappa shape index (κ1) is 28.8. The smallest absolute Gasteiger partial charge is 0.407 e. The normalized spacial score (nSPS) is 25.1. The number of hydrogen-bond donors (Lipinski definition) is 2. The molecule has 2 aromatic rings. The van der Waals surface area contributed by atoms with E-state index in [2.05, 4.69) is 27.7 Å². The summed E-state index contributed by atoms with van der Waals surface area (Å²) in [5.41, 5.74) is 2.16. The van der Waals surface area contributed by atoms with E-state index in [1.165, 1.54) is 11.6 Å². The van der Waals surface area contributed by atoms with Crippen molar-refractivity contribution in [1.82, 2.24) is 15.1 Å². The molecule has 3 amide bonds. The molecule has 1 saturated heterocycles. The highest BCUT2D eigenvalue weighted by Crippen LogP contribution is 2.62. The minimum absolute atomic E-state index is 0.0249. The van der Waals surface area contributed by atoms with E-state index in [0.29, 0.717) is 24.6 Å². The van der Waals surface area contributed by atoms with Crippen LogP contribution in [0.4, 0.5) is 24.1 Å². The first-order valence-corrected chi connectivity index (χ1v) is 14.5. The van der Waals surface area contributed by atoms with Crippen LogP contribution in [0.15, 0.2) is 42.5 Å². The number of alkyl carbamates (subject to hydrolysis) is 1. The Bertz CT molecular complexity index is 1320. The fourth-order valence-corrected chi connectivity index (χ4v) is 6.72. The van der Waals surface area contributed by atoms with Crippen LogP contribution in [0.2, 0.25) is 0 Å². The van der Waals surface area contributed by atoms with Crippen LogP contribution in [0.25, 0.3) is 0 Å². The number of benzene rings is 2. The highest BCUT2D eigenvalue weighted by Gasteiger charge is 2.58. The molecular formula is C31H37F2N5O3. The Kier molecular flexibility index (Phi) is 8.74. The Hall–Kier alpha value is -3.71. The maximum atomic E-state index is 13.8. The summed E-state index contributed by atoms with van der Waals surface area (Å²) in [6.45, 7) is 4.99. The SMILES string of the molecule is CCOC(=O)NC1CCN(CCCN(C(=O)Nc2ccc(F)c(F)c2)[C@@H]2CC[C@@]3(c4cccc(C#N)c4)CC3C2)C1. The van der Waals surface area contributed by atoms with Crippen LogP contribution in [0.5, 0.6) is 0 Å². The Balaban J connectivity index is 1.22. The molecule has 8 nitrogen and oxygen atoms in total. The van der Waals surface area contributed by atoms with Crippen molar-refractivity contribution in [2.45, 2.75) is 62.9 Å². The van der Waals surface area contributed by atoms with E-state index in [0.717, 1.165) is 70.3 Å². The highest BCUT2D eigenvalue weighted by molar-refractivity contribution is 5.89. The molecule has 1 aliphatic heterocycles. The third-order valence-electron chi connectivity index (χ3n) is 8.89. The molecule has 2 aromatic carbocycles. The molecule has 5 rings (SSSR count). The third kappa shape index (κ3) is 6.62. The Morgan fingerprint density at radius 2 is 2.05 bits per heavy atom. The van der Waals surface area contributed by atoms with Gasteiger partial charge in [0.2, 0.25) is 0 Å². The van der Waals surface area contributed by atoms with Gasteiger partial charge >= 0.3 is 12.1 Å². The predicted octanol–water partition coefficient (Wildman–Crippen LogP) is 5.39. The molecule has 0 spiro atoms. The molecule has 2 saturated carbocycles. The number of nitrogens with zero attached hydrogens (tertiary/aromatic N) is 3. The third-order valence-corrected chi connectivity index (χ3v) is 8.89. The zero-order valence-electron chi connectivity index (χ0n) is 23.4. The average Bonchev–Trinajstić information content (AvgIpc) is 3.55. The molecular weight excluding hydrogens is 528 g/mol. The lowest BCUT2D eigenvalue weighted by molar-refractivity contribution is 0.147. The quantitative estimate of drug-likeness (QED) is 0.425. The number of carbonyl (C=O) groups excluding carboxylic acids is 2. The average molecular weight is 566 g/mol. The molecule has 2 unspecified atom stereocenters. The van der Waals surface area contributed by atoms with Gasteiger partial charge in [-0.3, -0.25) is 0 Å². The fraction of sp³-hybridized carbons (Fsp3) is 0.516. The van der Waals surface area contributed by atoms with Gasteiger partial charge in [0, 0.05) is 43.5 Å². The largest absolute Gasteiger partial charge is 0.450 e. The Morgan fingerprint density at radius 3 is 2.80 bits per heavy atom. The van der Waals surface area contributed by atoms with Gasteiger partial charge in [0.05, 0.1) is 18.2 Å². The van der Waals surface area contributed by atoms with Gasteiger partial charge < -0.3 is 25.2 Å². The molecule has 0 bridgehead atoms. The minimum Gasteiger partial charge on any atom is -0.450 e. The molecule has 1 heterocycles. The van der Waals surface area contributed by atoms with Crippen molar-refractivity contribution in [1.29, 1.82) is 5.26 Å². The van der Waals surface area contributed by atoms with Gasteiger partial charge in [0.15, 0.2) is 11.6 Å². The molecule has 3 fully saturated rings. The second kappa shape index (κ2) is 12.4. The second-order valence-corrected chi connectivity index (χ2v) is 11.4. The molecule has 41 heavy (non-hydrogen) atoms. The van der Waals surface area contributed by atoms with Gasteiger partial charge in [0.25, 0.3) is 0 Å². The lowest BCUT2D eigenvalue weighted by Crippen LogP contribution is -2.46. The van der Waals surface area contributed by atoms with Crippen molar-refractivity contribution < 1.29 is 23.1 Å². The number of amides is 3. The number of likely N-dealkylation sites (tertiary alicyclic amines) is 1. The summed E-state index contributed by atoms with van der Waals surface area (Å²) in [5, 5.41) is 15.0. The van der Waals surface area contributed by atoms with E-state index in [1.807, 2.05) is 23.1 Å². The molecule has 218 valence electrons. The molecule has 2 N–H and O–H groups in total. The summed E-state index contributed by atoms with van der Waals surface area (Å²) in [4.78, 5) is 29.4. The number of nitriles is 1. The Morgan fingerprint density at radius 1 is 1.20 bits per heavy atom. The minimum atomic E-state index is -1.01. The van der Waals surface area contributed by atoms with Gasteiger partial charge in [-0.2, -0.15) is 5.26 Å². The number of rotatable bonds is 9. The van der Waals surface area contributed by atoms with Crippen LogP contribution in [0, 0.1) is 28.9 Å². The first-order chi connectivity index (χ1) is 19.8. The van der Waals surface area contributed by atoms with E-state index < -0.39 is 17.7 Å². The standard InChI is InChI=1S/C31H37F2N5O3/c1-2-41-30(40)36-25-10-14-37(20-25)12-4-13-38(29(39)35-24-7-8-27(32)28(33)17-24)26-9-11-31(18-23(31)16-26)22-6-3-5-21(15-22)19-34/h3,5-8,15,17,23,25-26H,2,4,9-14,16,18,20H2,1H3,(H,35,39)(H,36,40)/t23?,25?,26-,31+/m1/s1. The summed E-state index contributed by atoms with van der Waals surface area (Å²) >= 11 is 0. The monoisotopic (exact) mass is 565 g/mol. The maximum absolute atomic E-state index is 13.8. The van der Waals surface area contributed by atoms with Crippen LogP contribution >= 0.6 is 0 Å². The number of halogens is 2. The topological polar surface area (TPSA) is 97.7 Å². The molecule has 0 aromatic heterocycles. The van der Waals surface area contributed by atoms with Crippen molar-refractivity contribution in [3.8, 4) is 6.07 Å². The molecule has 4 atom stereocenters. The maximum Gasteiger partial charge on any atom is 0.407 e. The van der Waals surface area contributed by atoms with Crippen molar-refractivity contribution in [2.24, 2.45) is 5.92 Å². The van der Waals surface area contributed by atoms with Gasteiger partial charge in [-0.15, -0.1) is 0 Å². The number of fused-ring (bicyclic) bond motifs is 1. The van der Waals surface area contributed by atoms with Gasteiger partial charge in [-0.05, 0) is 93.2 Å². The first-order valence-electron chi connectivity index (χ1n) is 14.5. The van der Waals surface area contributed by atoms with E-state index in [9.17, 15) is 23.6 Å². The number of urea groups is 1. The van der Waals surface area contributed by atoms with Crippen LogP contribution < -0.4 is 10.6 Å². The van der Waals surface area contributed by atoms with Crippen LogP contribution in [-0.4, -0.2) is 66.8 Å². The van der Waals surface area contributed by atoms with Crippen LogP contribution in [0.1, 0.15) is 56.6 Å². The summed E-state index contributed by atoms with van der Waals surface area (Å²) in [6.07, 6.45) is 4.85. The van der Waals surface area contributed by atoms with Crippen molar-refractivity contribution in [3.05, 3.63) is 65.2 Å². The van der Waals surface area contributed by atoms with Gasteiger partial charge in [-0.25, -0.2) is 18.4 Å². The summed E-state index contributed by atoms with van der Waals surface area (Å²) in [6, 6.07) is 13.2. The number of carbonyl (C=O) groups is 2.